The van der Waals surface area contributed by atoms with Gasteiger partial charge in [-0.05, 0) is 25.5 Å². The lowest BCUT2D eigenvalue weighted by molar-refractivity contribution is -0.132. The fourth-order valence-corrected chi connectivity index (χ4v) is 2.23. The van der Waals surface area contributed by atoms with E-state index in [-0.39, 0.29) is 17.1 Å². The van der Waals surface area contributed by atoms with Crippen LogP contribution >= 0.6 is 0 Å². The maximum absolute atomic E-state index is 11.9. The lowest BCUT2D eigenvalue weighted by atomic mass is 10.1. The zero-order valence-corrected chi connectivity index (χ0v) is 12.3. The zero-order chi connectivity index (χ0) is 16.2. The van der Waals surface area contributed by atoms with Crippen molar-refractivity contribution in [3.8, 4) is 5.75 Å². The summed E-state index contributed by atoms with van der Waals surface area (Å²) >= 11 is 0. The molecule has 1 aromatic rings. The number of rotatable bonds is 3. The van der Waals surface area contributed by atoms with Gasteiger partial charge in [-0.3, -0.25) is 4.79 Å². The van der Waals surface area contributed by atoms with E-state index in [4.69, 9.17) is 9.39 Å². The molecule has 0 fully saturated rings. The molecule has 8 nitrogen and oxygen atoms in total. The Kier molecular flexibility index (Phi) is 5.03. The number of aryl methyl sites for hydroxylation is 1. The molecule has 0 aliphatic carbocycles. The number of oxime groups is 1. The van der Waals surface area contributed by atoms with Gasteiger partial charge in [0.15, 0.2) is 5.78 Å². The summed E-state index contributed by atoms with van der Waals surface area (Å²) < 4.78 is 32.6. The van der Waals surface area contributed by atoms with E-state index >= 15 is 0 Å². The molecule has 9 heteroatoms. The van der Waals surface area contributed by atoms with Gasteiger partial charge in [0.05, 0.1) is 7.11 Å². The highest BCUT2D eigenvalue weighted by Crippen LogP contribution is 2.22. The lowest BCUT2D eigenvalue weighted by Gasteiger charge is -2.10. The Morgan fingerprint density at radius 1 is 1.29 bits per heavy atom. The van der Waals surface area contributed by atoms with Crippen molar-refractivity contribution >= 4 is 26.9 Å². The van der Waals surface area contributed by atoms with Gasteiger partial charge < -0.3 is 14.1 Å². The second-order valence-electron chi connectivity index (χ2n) is 3.97. The van der Waals surface area contributed by atoms with E-state index < -0.39 is 21.1 Å². The van der Waals surface area contributed by atoms with E-state index in [2.05, 4.69) is 9.89 Å². The van der Waals surface area contributed by atoms with Crippen molar-refractivity contribution in [2.75, 3.05) is 7.11 Å². The predicted molar refractivity (Wildman–Crippen MR) is 72.0 cm³/mol. The van der Waals surface area contributed by atoms with Crippen molar-refractivity contribution in [1.82, 2.24) is 0 Å². The Bertz CT molecular complexity index is 706. The molecular weight excluding hydrogens is 302 g/mol. The predicted octanol–water partition coefficient (Wildman–Crippen LogP) is 0.867. The molecule has 21 heavy (non-hydrogen) atoms. The maximum Gasteiger partial charge on any atom is 0.375 e. The number of esters is 1. The average Bonchev–Trinajstić information content (AvgIpc) is 2.40. The van der Waals surface area contributed by atoms with Crippen LogP contribution in [-0.4, -0.2) is 37.5 Å². The summed E-state index contributed by atoms with van der Waals surface area (Å²) in [5, 5.41) is 9.71. The van der Waals surface area contributed by atoms with E-state index in [1.165, 1.54) is 25.1 Å². The summed E-state index contributed by atoms with van der Waals surface area (Å²) in [6.07, 6.45) is 0. The lowest BCUT2D eigenvalue weighted by Crippen LogP contribution is -2.29. The van der Waals surface area contributed by atoms with Crippen LogP contribution in [0, 0.1) is 6.92 Å². The molecule has 114 valence electrons. The van der Waals surface area contributed by atoms with E-state index in [0.29, 0.717) is 5.56 Å². The normalized spacial score (nSPS) is 11.9. The molecule has 0 aromatic heterocycles. The zero-order valence-electron chi connectivity index (χ0n) is 11.5. The molecule has 0 heterocycles. The third kappa shape index (κ3) is 3.78. The first-order valence-corrected chi connectivity index (χ1v) is 7.00. The van der Waals surface area contributed by atoms with Crippen LogP contribution in [0.2, 0.25) is 0 Å². The molecule has 1 aromatic carbocycles. The number of ketones is 1. The molecule has 0 atom stereocenters. The number of hydrogen-bond donors (Lipinski definition) is 1. The third-order valence-electron chi connectivity index (χ3n) is 2.48. The van der Waals surface area contributed by atoms with Crippen LogP contribution in [0.5, 0.6) is 5.75 Å². The largest absolute Gasteiger partial charge is 0.464 e. The number of hydrogen-bond acceptors (Lipinski definition) is 8. The van der Waals surface area contributed by atoms with E-state index in [9.17, 15) is 18.0 Å². The smallest absolute Gasteiger partial charge is 0.375 e. The van der Waals surface area contributed by atoms with Gasteiger partial charge in [-0.25, -0.2) is 4.79 Å². The van der Waals surface area contributed by atoms with E-state index in [1.807, 2.05) is 0 Å². The van der Waals surface area contributed by atoms with Crippen LogP contribution in [0.1, 0.15) is 22.8 Å². The highest BCUT2D eigenvalue weighted by atomic mass is 32.2. The molecule has 0 aliphatic rings. The second-order valence-corrected chi connectivity index (χ2v) is 5.43. The molecule has 0 aliphatic heterocycles. The minimum Gasteiger partial charge on any atom is -0.464 e. The number of Topliss-reactive ketones (excluding diaryl/α,β-unsaturated/α-hetero) is 1. The molecule has 1 N–H and O–H groups in total. The van der Waals surface area contributed by atoms with Crippen molar-refractivity contribution < 1.29 is 32.1 Å². The topological polar surface area (TPSA) is 119 Å². The van der Waals surface area contributed by atoms with Crippen LogP contribution in [0.4, 0.5) is 0 Å². The number of ether oxygens (including phenoxy) is 1. The minimum absolute atomic E-state index is 0.159. The number of carbonyl (C=O) groups is 2. The van der Waals surface area contributed by atoms with Gasteiger partial charge in [-0.2, -0.15) is 8.42 Å². The number of carbonyl (C=O) groups excluding carboxylic acids is 2. The molecule has 0 unspecified atom stereocenters. The van der Waals surface area contributed by atoms with Crippen molar-refractivity contribution in [3.05, 3.63) is 29.3 Å². The summed E-state index contributed by atoms with van der Waals surface area (Å²) in [7, 11) is -3.77. The Labute approximate surface area is 121 Å². The Morgan fingerprint density at radius 2 is 1.90 bits per heavy atom. The van der Waals surface area contributed by atoms with Gasteiger partial charge in [-0.1, -0.05) is 17.3 Å². The molecule has 0 radical (unpaired) electrons. The van der Waals surface area contributed by atoms with E-state index in [0.717, 1.165) is 7.11 Å². The highest BCUT2D eigenvalue weighted by molar-refractivity contribution is 8.04. The van der Waals surface area contributed by atoms with E-state index in [1.54, 1.807) is 6.92 Å². The molecule has 0 saturated carbocycles. The molecule has 1 rings (SSSR count). The standard InChI is InChI=1S/C12H13NO7S/c1-7-4-5-9(8(2)14)6-10(7)20-21(17,18)11(13-16)12(15)19-3/h4-6,16H,1-3H3. The summed E-state index contributed by atoms with van der Waals surface area (Å²) in [5.74, 6) is -1.83. The summed E-state index contributed by atoms with van der Waals surface area (Å²) in [4.78, 5) is 22.5. The molecule has 0 saturated heterocycles. The number of methoxy groups -OCH3 is 1. The fourth-order valence-electron chi connectivity index (χ4n) is 1.35. The Balaban J connectivity index is 3.24. The van der Waals surface area contributed by atoms with Crippen LogP contribution in [0.15, 0.2) is 23.4 Å². The van der Waals surface area contributed by atoms with Gasteiger partial charge in [0.25, 0.3) is 0 Å². The fraction of sp³-hybridized carbons (Fsp3) is 0.250. The van der Waals surface area contributed by atoms with Crippen LogP contribution < -0.4 is 4.18 Å². The van der Waals surface area contributed by atoms with Crippen molar-refractivity contribution in [3.63, 3.8) is 0 Å². The summed E-state index contributed by atoms with van der Waals surface area (Å²) in [6.45, 7) is 2.85. The Morgan fingerprint density at radius 3 is 2.38 bits per heavy atom. The molecule has 0 bridgehead atoms. The molecule has 0 amide bonds. The van der Waals surface area contributed by atoms with Crippen molar-refractivity contribution in [1.29, 1.82) is 0 Å². The summed E-state index contributed by atoms with van der Waals surface area (Å²) in [5.41, 5.74) is 0.636. The summed E-state index contributed by atoms with van der Waals surface area (Å²) in [6, 6.07) is 4.19. The Hall–Kier alpha value is -2.42. The van der Waals surface area contributed by atoms with Gasteiger partial charge in [0, 0.05) is 5.56 Å². The molecular formula is C12H13NO7S. The first-order chi connectivity index (χ1) is 9.72. The molecule has 0 spiro atoms. The van der Waals surface area contributed by atoms with Crippen LogP contribution in [0.3, 0.4) is 0 Å². The van der Waals surface area contributed by atoms with Gasteiger partial charge in [0.2, 0.25) is 0 Å². The first-order valence-electron chi connectivity index (χ1n) is 5.59. The average molecular weight is 315 g/mol. The highest BCUT2D eigenvalue weighted by Gasteiger charge is 2.32. The maximum atomic E-state index is 11.9. The van der Waals surface area contributed by atoms with Gasteiger partial charge >= 0.3 is 21.1 Å². The number of benzene rings is 1. The first kappa shape index (κ1) is 16.6. The number of nitrogens with zero attached hydrogens (tertiary/aromatic N) is 1. The second kappa shape index (κ2) is 6.35. The van der Waals surface area contributed by atoms with Crippen molar-refractivity contribution in [2.45, 2.75) is 13.8 Å². The van der Waals surface area contributed by atoms with Crippen LogP contribution in [-0.2, 0) is 19.6 Å². The van der Waals surface area contributed by atoms with Crippen molar-refractivity contribution in [2.24, 2.45) is 5.16 Å². The minimum atomic E-state index is -4.69. The SMILES string of the molecule is COC(=O)C(=NO)S(=O)(=O)Oc1cc(C(C)=O)ccc1C. The monoisotopic (exact) mass is 315 g/mol. The van der Waals surface area contributed by atoms with Crippen LogP contribution in [0.25, 0.3) is 0 Å². The quantitative estimate of drug-likeness (QED) is 0.167. The van der Waals surface area contributed by atoms with Gasteiger partial charge in [0.1, 0.15) is 5.75 Å². The van der Waals surface area contributed by atoms with Gasteiger partial charge in [-0.15, -0.1) is 0 Å². The third-order valence-corrected chi connectivity index (χ3v) is 3.60.